The van der Waals surface area contributed by atoms with Gasteiger partial charge in [0, 0.05) is 31.6 Å². The van der Waals surface area contributed by atoms with Crippen LogP contribution in [0.25, 0.3) is 6.08 Å². The van der Waals surface area contributed by atoms with Crippen LogP contribution in [0.5, 0.6) is 0 Å². The average Bonchev–Trinajstić information content (AvgIpc) is 2.77. The summed E-state index contributed by atoms with van der Waals surface area (Å²) in [6.45, 7) is 1.63. The summed E-state index contributed by atoms with van der Waals surface area (Å²) in [5, 5.41) is 11.8. The van der Waals surface area contributed by atoms with E-state index in [9.17, 15) is 9.59 Å². The summed E-state index contributed by atoms with van der Waals surface area (Å²) < 4.78 is 0. The third kappa shape index (κ3) is 5.31. The van der Waals surface area contributed by atoms with Crippen molar-refractivity contribution in [3.8, 4) is 6.07 Å². The number of nitrogens with zero attached hydrogens (tertiary/aromatic N) is 2. The largest absolute Gasteiger partial charge is 0.352 e. The Morgan fingerprint density at radius 2 is 1.75 bits per heavy atom. The number of amides is 2. The first kappa shape index (κ1) is 19.4. The lowest BCUT2D eigenvalue weighted by Gasteiger charge is -2.30. The Balaban J connectivity index is 1.43. The molecule has 2 aromatic carbocycles. The van der Waals surface area contributed by atoms with Crippen molar-refractivity contribution in [2.75, 3.05) is 13.1 Å². The first-order chi connectivity index (χ1) is 13.7. The highest BCUT2D eigenvalue weighted by atomic mass is 16.2. The third-order valence-corrected chi connectivity index (χ3v) is 4.95. The molecule has 0 atom stereocenters. The summed E-state index contributed by atoms with van der Waals surface area (Å²) in [5.74, 6) is -0.0582. The number of likely N-dealkylation sites (tertiary alicyclic amines) is 1. The number of hydrogen-bond donors (Lipinski definition) is 1. The Bertz CT molecular complexity index is 874. The monoisotopic (exact) mass is 373 g/mol. The molecule has 2 aromatic rings. The summed E-state index contributed by atoms with van der Waals surface area (Å²) in [4.78, 5) is 26.5. The van der Waals surface area contributed by atoms with Crippen LogP contribution in [0.2, 0.25) is 0 Å². The second-order valence-corrected chi connectivity index (χ2v) is 6.87. The molecule has 1 N–H and O–H groups in total. The Labute approximate surface area is 165 Å². The quantitative estimate of drug-likeness (QED) is 0.819. The molecule has 1 heterocycles. The maximum absolute atomic E-state index is 12.4. The zero-order valence-corrected chi connectivity index (χ0v) is 15.7. The van der Waals surface area contributed by atoms with Gasteiger partial charge >= 0.3 is 0 Å². The molecule has 1 saturated heterocycles. The third-order valence-electron chi connectivity index (χ3n) is 4.95. The molecule has 142 valence electrons. The molecule has 1 aliphatic heterocycles. The van der Waals surface area contributed by atoms with Gasteiger partial charge in [-0.15, -0.1) is 0 Å². The van der Waals surface area contributed by atoms with E-state index < -0.39 is 0 Å². The second-order valence-electron chi connectivity index (χ2n) is 6.87. The summed E-state index contributed by atoms with van der Waals surface area (Å²) in [7, 11) is 0. The van der Waals surface area contributed by atoms with Crippen LogP contribution in [0.4, 0.5) is 0 Å². The van der Waals surface area contributed by atoms with Gasteiger partial charge in [-0.3, -0.25) is 9.59 Å². The van der Waals surface area contributed by atoms with Crippen LogP contribution in [0, 0.1) is 17.2 Å². The van der Waals surface area contributed by atoms with Gasteiger partial charge in [-0.05, 0) is 42.2 Å². The molecule has 0 radical (unpaired) electrons. The number of hydrogen-bond acceptors (Lipinski definition) is 3. The average molecular weight is 373 g/mol. The van der Waals surface area contributed by atoms with E-state index in [2.05, 4.69) is 11.4 Å². The van der Waals surface area contributed by atoms with Crippen molar-refractivity contribution >= 4 is 17.9 Å². The molecule has 2 amide bonds. The maximum atomic E-state index is 12.4. The molecule has 0 bridgehead atoms. The minimum absolute atomic E-state index is 0.0136. The van der Waals surface area contributed by atoms with Crippen molar-refractivity contribution < 1.29 is 9.59 Å². The van der Waals surface area contributed by atoms with Crippen molar-refractivity contribution in [3.05, 3.63) is 77.4 Å². The van der Waals surface area contributed by atoms with Gasteiger partial charge in [0.1, 0.15) is 0 Å². The van der Waals surface area contributed by atoms with Gasteiger partial charge in [0.05, 0.1) is 11.6 Å². The Morgan fingerprint density at radius 1 is 1.07 bits per heavy atom. The minimum atomic E-state index is -0.0689. The van der Waals surface area contributed by atoms with Gasteiger partial charge in [-0.1, -0.05) is 42.5 Å². The lowest BCUT2D eigenvalue weighted by atomic mass is 9.95. The van der Waals surface area contributed by atoms with E-state index in [1.54, 1.807) is 23.1 Å². The van der Waals surface area contributed by atoms with E-state index in [0.29, 0.717) is 38.0 Å². The molecular formula is C23H23N3O2. The Kier molecular flexibility index (Phi) is 6.59. The molecule has 0 aliphatic carbocycles. The van der Waals surface area contributed by atoms with Crippen LogP contribution in [-0.4, -0.2) is 29.8 Å². The second kappa shape index (κ2) is 9.52. The summed E-state index contributed by atoms with van der Waals surface area (Å²) in [5.41, 5.74) is 2.56. The molecule has 5 heteroatoms. The van der Waals surface area contributed by atoms with Crippen LogP contribution in [0.3, 0.4) is 0 Å². The predicted molar refractivity (Wildman–Crippen MR) is 108 cm³/mol. The molecule has 1 fully saturated rings. The van der Waals surface area contributed by atoms with Crippen molar-refractivity contribution in [1.82, 2.24) is 10.2 Å². The molecule has 0 spiro atoms. The molecular weight excluding hydrogens is 350 g/mol. The number of nitriles is 1. The van der Waals surface area contributed by atoms with Gasteiger partial charge in [0.15, 0.2) is 0 Å². The number of rotatable bonds is 5. The first-order valence-corrected chi connectivity index (χ1v) is 9.44. The normalized spacial score (nSPS) is 14.6. The summed E-state index contributed by atoms with van der Waals surface area (Å²) in [6, 6.07) is 19.0. The molecule has 5 nitrogen and oxygen atoms in total. The Hall–Kier alpha value is -3.39. The van der Waals surface area contributed by atoms with E-state index in [4.69, 9.17) is 5.26 Å². The molecule has 1 aliphatic rings. The molecule has 3 rings (SSSR count). The molecule has 0 unspecified atom stereocenters. The first-order valence-electron chi connectivity index (χ1n) is 9.44. The number of carbonyl (C=O) groups is 2. The van der Waals surface area contributed by atoms with Crippen molar-refractivity contribution in [2.24, 2.45) is 5.92 Å². The lowest BCUT2D eigenvalue weighted by Crippen LogP contribution is -2.42. The number of nitrogens with one attached hydrogen (secondary N) is 1. The van der Waals surface area contributed by atoms with Crippen LogP contribution in [-0.2, 0) is 16.1 Å². The zero-order chi connectivity index (χ0) is 19.8. The Morgan fingerprint density at radius 3 is 2.39 bits per heavy atom. The van der Waals surface area contributed by atoms with E-state index in [1.165, 1.54) is 0 Å². The van der Waals surface area contributed by atoms with Crippen LogP contribution >= 0.6 is 0 Å². The molecule has 0 aromatic heterocycles. The summed E-state index contributed by atoms with van der Waals surface area (Å²) in [6.07, 6.45) is 4.76. The van der Waals surface area contributed by atoms with Crippen molar-refractivity contribution in [3.63, 3.8) is 0 Å². The fourth-order valence-electron chi connectivity index (χ4n) is 3.23. The highest BCUT2D eigenvalue weighted by Gasteiger charge is 2.26. The standard InChI is InChI=1S/C23H23N3O2/c24-16-19-6-8-20(9-7-19)17-25-23(28)21-12-14-26(15-13-21)22(27)11-10-18-4-2-1-3-5-18/h1-11,21H,12-15,17H2,(H,25,28). The van der Waals surface area contributed by atoms with E-state index in [1.807, 2.05) is 48.5 Å². The van der Waals surface area contributed by atoms with Gasteiger partial charge in [0.2, 0.25) is 11.8 Å². The topological polar surface area (TPSA) is 73.2 Å². The number of benzene rings is 2. The summed E-state index contributed by atoms with van der Waals surface area (Å²) >= 11 is 0. The van der Waals surface area contributed by atoms with Crippen LogP contribution in [0.1, 0.15) is 29.5 Å². The SMILES string of the molecule is N#Cc1ccc(CNC(=O)C2CCN(C(=O)C=Cc3ccccc3)CC2)cc1. The van der Waals surface area contributed by atoms with Crippen molar-refractivity contribution in [2.45, 2.75) is 19.4 Å². The van der Waals surface area contributed by atoms with Gasteiger partial charge < -0.3 is 10.2 Å². The van der Waals surface area contributed by atoms with Gasteiger partial charge in [-0.2, -0.15) is 5.26 Å². The number of piperidine rings is 1. The van der Waals surface area contributed by atoms with Crippen LogP contribution in [0.15, 0.2) is 60.7 Å². The van der Waals surface area contributed by atoms with Gasteiger partial charge in [-0.25, -0.2) is 0 Å². The smallest absolute Gasteiger partial charge is 0.246 e. The highest BCUT2D eigenvalue weighted by molar-refractivity contribution is 5.92. The van der Waals surface area contributed by atoms with E-state index in [-0.39, 0.29) is 17.7 Å². The fourth-order valence-corrected chi connectivity index (χ4v) is 3.23. The molecule has 0 saturated carbocycles. The van der Waals surface area contributed by atoms with Crippen molar-refractivity contribution in [1.29, 1.82) is 5.26 Å². The van der Waals surface area contributed by atoms with E-state index in [0.717, 1.165) is 11.1 Å². The lowest BCUT2D eigenvalue weighted by molar-refractivity contribution is -0.132. The van der Waals surface area contributed by atoms with Gasteiger partial charge in [0.25, 0.3) is 0 Å². The predicted octanol–water partition coefficient (Wildman–Crippen LogP) is 3.13. The van der Waals surface area contributed by atoms with E-state index >= 15 is 0 Å². The fraction of sp³-hybridized carbons (Fsp3) is 0.261. The molecule has 28 heavy (non-hydrogen) atoms. The maximum Gasteiger partial charge on any atom is 0.246 e. The van der Waals surface area contributed by atoms with Crippen LogP contribution < -0.4 is 5.32 Å². The minimum Gasteiger partial charge on any atom is -0.352 e. The number of carbonyl (C=O) groups excluding carboxylic acids is 2. The zero-order valence-electron chi connectivity index (χ0n) is 15.7. The highest BCUT2D eigenvalue weighted by Crippen LogP contribution is 2.18.